The van der Waals surface area contributed by atoms with Crippen molar-refractivity contribution in [3.63, 3.8) is 0 Å². The number of amides is 1. The number of rotatable bonds is 5. The van der Waals surface area contributed by atoms with Gasteiger partial charge in [-0.15, -0.1) is 12.4 Å². The molecule has 6 nitrogen and oxygen atoms in total. The quantitative estimate of drug-likeness (QED) is 0.792. The van der Waals surface area contributed by atoms with Crippen LogP contribution >= 0.6 is 12.4 Å². The van der Waals surface area contributed by atoms with Crippen molar-refractivity contribution in [1.82, 2.24) is 9.62 Å². The molecule has 9 heteroatoms. The molecule has 1 aliphatic rings. The Labute approximate surface area is 154 Å². The van der Waals surface area contributed by atoms with E-state index in [1.807, 2.05) is 13.8 Å². The Morgan fingerprint density at radius 2 is 1.88 bits per heavy atom. The molecule has 25 heavy (non-hydrogen) atoms. The molecule has 0 aliphatic carbocycles. The number of sulfonamides is 1. The van der Waals surface area contributed by atoms with Crippen molar-refractivity contribution in [3.8, 4) is 0 Å². The van der Waals surface area contributed by atoms with Crippen molar-refractivity contribution < 1.29 is 17.6 Å². The molecule has 0 atom stereocenters. The van der Waals surface area contributed by atoms with Gasteiger partial charge in [0.2, 0.25) is 15.9 Å². The molecule has 1 aliphatic heterocycles. The number of piperidine rings is 1. The first-order valence-electron chi connectivity index (χ1n) is 7.92. The molecule has 0 unspecified atom stereocenters. The zero-order valence-corrected chi connectivity index (χ0v) is 16.0. The van der Waals surface area contributed by atoms with E-state index in [9.17, 15) is 17.6 Å². The van der Waals surface area contributed by atoms with Gasteiger partial charge >= 0.3 is 0 Å². The molecule has 2 rings (SSSR count). The second-order valence-electron chi connectivity index (χ2n) is 6.82. The number of carbonyl (C=O) groups is 1. The first-order chi connectivity index (χ1) is 11.1. The SMILES string of the molecule is CC(C)(N)CNC(=O)C1CCN(S(=O)(=O)c2ccccc2F)CC1.Cl. The van der Waals surface area contributed by atoms with Crippen molar-refractivity contribution in [2.45, 2.75) is 37.1 Å². The van der Waals surface area contributed by atoms with Crippen LogP contribution in [0.25, 0.3) is 0 Å². The number of halogens is 2. The molecular weight excluding hydrogens is 369 g/mol. The van der Waals surface area contributed by atoms with E-state index in [1.54, 1.807) is 0 Å². The number of hydrogen-bond acceptors (Lipinski definition) is 4. The predicted molar refractivity (Wildman–Crippen MR) is 96.4 cm³/mol. The van der Waals surface area contributed by atoms with E-state index >= 15 is 0 Å². The Morgan fingerprint density at radius 3 is 2.40 bits per heavy atom. The van der Waals surface area contributed by atoms with E-state index in [1.165, 1.54) is 22.5 Å². The third kappa shape index (κ3) is 5.64. The molecule has 0 saturated carbocycles. The van der Waals surface area contributed by atoms with Crippen LogP contribution in [0.15, 0.2) is 29.2 Å². The van der Waals surface area contributed by atoms with Crippen molar-refractivity contribution in [2.75, 3.05) is 19.6 Å². The van der Waals surface area contributed by atoms with Gasteiger partial charge in [0.05, 0.1) is 0 Å². The highest BCUT2D eigenvalue weighted by atomic mass is 35.5. The molecule has 0 bridgehead atoms. The number of hydrogen-bond donors (Lipinski definition) is 2. The van der Waals surface area contributed by atoms with Crippen LogP contribution in [0.1, 0.15) is 26.7 Å². The summed E-state index contributed by atoms with van der Waals surface area (Å²) in [6, 6.07) is 5.32. The fraction of sp³-hybridized carbons (Fsp3) is 0.562. The molecule has 3 N–H and O–H groups in total. The molecule has 0 aromatic heterocycles. The Balaban J connectivity index is 0.00000312. The summed E-state index contributed by atoms with van der Waals surface area (Å²) in [5.74, 6) is -1.13. The Morgan fingerprint density at radius 1 is 1.32 bits per heavy atom. The van der Waals surface area contributed by atoms with E-state index in [-0.39, 0.29) is 42.2 Å². The lowest BCUT2D eigenvalue weighted by Gasteiger charge is -2.31. The third-order valence-electron chi connectivity index (χ3n) is 4.00. The van der Waals surface area contributed by atoms with Gasteiger partial charge in [-0.1, -0.05) is 12.1 Å². The number of nitrogens with one attached hydrogen (secondary N) is 1. The van der Waals surface area contributed by atoms with E-state index in [0.29, 0.717) is 19.4 Å². The van der Waals surface area contributed by atoms with Crippen LogP contribution in [-0.4, -0.2) is 43.8 Å². The smallest absolute Gasteiger partial charge is 0.245 e. The second kappa shape index (κ2) is 8.44. The van der Waals surface area contributed by atoms with E-state index in [0.717, 1.165) is 6.07 Å². The highest BCUT2D eigenvalue weighted by Crippen LogP contribution is 2.25. The standard InChI is InChI=1S/C16H24FN3O3S.ClH/c1-16(2,18)11-19-15(21)12-7-9-20(10-8-12)24(22,23)14-6-4-3-5-13(14)17;/h3-6,12H,7-11,18H2,1-2H3,(H,19,21);1H. The van der Waals surface area contributed by atoms with Crippen LogP contribution in [-0.2, 0) is 14.8 Å². The summed E-state index contributed by atoms with van der Waals surface area (Å²) in [5.41, 5.74) is 5.34. The average molecular weight is 394 g/mol. The van der Waals surface area contributed by atoms with Gasteiger partial charge in [-0.05, 0) is 38.8 Å². The molecule has 0 radical (unpaired) electrons. The van der Waals surface area contributed by atoms with Gasteiger partial charge in [-0.3, -0.25) is 4.79 Å². The molecule has 1 aromatic rings. The summed E-state index contributed by atoms with van der Waals surface area (Å²) >= 11 is 0. The summed E-state index contributed by atoms with van der Waals surface area (Å²) in [6.45, 7) is 4.38. The van der Waals surface area contributed by atoms with Gasteiger partial charge in [-0.25, -0.2) is 12.8 Å². The van der Waals surface area contributed by atoms with Crippen LogP contribution < -0.4 is 11.1 Å². The number of nitrogens with zero attached hydrogens (tertiary/aromatic N) is 1. The van der Waals surface area contributed by atoms with Crippen LogP contribution in [0, 0.1) is 11.7 Å². The minimum atomic E-state index is -3.87. The van der Waals surface area contributed by atoms with Gasteiger partial charge in [0, 0.05) is 31.1 Å². The summed E-state index contributed by atoms with van der Waals surface area (Å²) < 4.78 is 40.0. The van der Waals surface area contributed by atoms with Gasteiger partial charge in [0.25, 0.3) is 0 Å². The lowest BCUT2D eigenvalue weighted by atomic mass is 9.96. The van der Waals surface area contributed by atoms with Crippen LogP contribution in [0.2, 0.25) is 0 Å². The maximum absolute atomic E-state index is 13.8. The molecule has 1 fully saturated rings. The second-order valence-corrected chi connectivity index (χ2v) is 8.72. The van der Waals surface area contributed by atoms with Gasteiger partial charge in [0.1, 0.15) is 10.7 Å². The van der Waals surface area contributed by atoms with Crippen molar-refractivity contribution in [2.24, 2.45) is 11.7 Å². The third-order valence-corrected chi connectivity index (χ3v) is 5.93. The van der Waals surface area contributed by atoms with E-state index in [2.05, 4.69) is 5.32 Å². The average Bonchev–Trinajstić information content (AvgIpc) is 2.52. The molecule has 1 aromatic carbocycles. The van der Waals surface area contributed by atoms with Crippen LogP contribution in [0.5, 0.6) is 0 Å². The van der Waals surface area contributed by atoms with Gasteiger partial charge in [0.15, 0.2) is 0 Å². The molecule has 1 amide bonds. The van der Waals surface area contributed by atoms with Crippen LogP contribution in [0.3, 0.4) is 0 Å². The number of carbonyl (C=O) groups excluding carboxylic acids is 1. The fourth-order valence-electron chi connectivity index (χ4n) is 2.61. The zero-order chi connectivity index (χ0) is 18.0. The summed E-state index contributed by atoms with van der Waals surface area (Å²) in [5, 5.41) is 2.79. The lowest BCUT2D eigenvalue weighted by molar-refractivity contribution is -0.126. The fourth-order valence-corrected chi connectivity index (χ4v) is 4.15. The molecule has 1 heterocycles. The van der Waals surface area contributed by atoms with Crippen molar-refractivity contribution >= 4 is 28.3 Å². The first-order valence-corrected chi connectivity index (χ1v) is 9.36. The minimum absolute atomic E-state index is 0. The largest absolute Gasteiger partial charge is 0.354 e. The van der Waals surface area contributed by atoms with Gasteiger partial charge in [-0.2, -0.15) is 4.31 Å². The van der Waals surface area contributed by atoms with Crippen molar-refractivity contribution in [3.05, 3.63) is 30.1 Å². The van der Waals surface area contributed by atoms with E-state index in [4.69, 9.17) is 5.73 Å². The summed E-state index contributed by atoms with van der Waals surface area (Å²) in [4.78, 5) is 11.8. The predicted octanol–water partition coefficient (Wildman–Crippen LogP) is 1.50. The summed E-state index contributed by atoms with van der Waals surface area (Å²) in [6.07, 6.45) is 0.815. The Bertz CT molecular complexity index is 699. The summed E-state index contributed by atoms with van der Waals surface area (Å²) in [7, 11) is -3.87. The monoisotopic (exact) mass is 393 g/mol. The Hall–Kier alpha value is -1.22. The highest BCUT2D eigenvalue weighted by molar-refractivity contribution is 7.89. The number of benzene rings is 1. The normalized spacial score (nSPS) is 17.0. The highest BCUT2D eigenvalue weighted by Gasteiger charge is 2.33. The lowest BCUT2D eigenvalue weighted by Crippen LogP contribution is -2.48. The van der Waals surface area contributed by atoms with Gasteiger partial charge < -0.3 is 11.1 Å². The minimum Gasteiger partial charge on any atom is -0.354 e. The number of nitrogens with two attached hydrogens (primary N) is 1. The topological polar surface area (TPSA) is 92.5 Å². The molecular formula is C16H25ClFN3O3S. The molecule has 0 spiro atoms. The first kappa shape index (κ1) is 21.8. The van der Waals surface area contributed by atoms with E-state index < -0.39 is 21.4 Å². The zero-order valence-electron chi connectivity index (χ0n) is 14.4. The Kier molecular flexibility index (Phi) is 7.37. The molecule has 142 valence electrons. The van der Waals surface area contributed by atoms with Crippen LogP contribution in [0.4, 0.5) is 4.39 Å². The molecule has 1 saturated heterocycles. The van der Waals surface area contributed by atoms with Crippen molar-refractivity contribution in [1.29, 1.82) is 0 Å². The maximum atomic E-state index is 13.8. The maximum Gasteiger partial charge on any atom is 0.245 e.